The van der Waals surface area contributed by atoms with Gasteiger partial charge in [0.05, 0.1) is 20.3 Å². The van der Waals surface area contributed by atoms with Gasteiger partial charge in [-0.25, -0.2) is 5.10 Å². The second kappa shape index (κ2) is 7.79. The quantitative estimate of drug-likeness (QED) is 0.739. The molecule has 148 valence electrons. The first-order valence-electron chi connectivity index (χ1n) is 9.29. The maximum Gasteiger partial charge on any atom is 0.275 e. The van der Waals surface area contributed by atoms with Crippen molar-refractivity contribution in [2.75, 3.05) is 20.8 Å². The number of methoxy groups -OCH3 is 2. The zero-order valence-electron chi connectivity index (χ0n) is 16.2. The lowest BCUT2D eigenvalue weighted by Crippen LogP contribution is -2.41. The van der Waals surface area contributed by atoms with E-state index in [1.54, 1.807) is 19.1 Å². The van der Waals surface area contributed by atoms with E-state index < -0.39 is 0 Å². The summed E-state index contributed by atoms with van der Waals surface area (Å²) in [5, 5.41) is 6.26. The first-order valence-corrected chi connectivity index (χ1v) is 9.29. The molecule has 0 bridgehead atoms. The summed E-state index contributed by atoms with van der Waals surface area (Å²) in [5.41, 5.74) is 2.93. The minimum atomic E-state index is -0.345. The second-order valence-corrected chi connectivity index (χ2v) is 6.77. The fourth-order valence-corrected chi connectivity index (χ4v) is 3.77. The molecule has 7 nitrogen and oxygen atoms in total. The lowest BCUT2D eigenvalue weighted by molar-refractivity contribution is 0.0686. The highest BCUT2D eigenvalue weighted by atomic mass is 16.5. The molecule has 0 saturated heterocycles. The number of carbonyl (C=O) groups is 1. The Morgan fingerprint density at radius 1 is 1.07 bits per heavy atom. The van der Waals surface area contributed by atoms with Crippen molar-refractivity contribution in [2.45, 2.75) is 12.5 Å². The summed E-state index contributed by atoms with van der Waals surface area (Å²) >= 11 is 0. The third-order valence-corrected chi connectivity index (χ3v) is 5.15. The summed E-state index contributed by atoms with van der Waals surface area (Å²) in [6.45, 7) is 0.516. The summed E-state index contributed by atoms with van der Waals surface area (Å²) < 4.78 is 10.9. The van der Waals surface area contributed by atoms with Crippen LogP contribution in [-0.2, 0) is 6.42 Å². The molecule has 2 heterocycles. The van der Waals surface area contributed by atoms with Crippen molar-refractivity contribution >= 4 is 5.91 Å². The molecule has 2 aromatic carbocycles. The van der Waals surface area contributed by atoms with Crippen LogP contribution in [0.5, 0.6) is 11.5 Å². The number of H-pyrrole nitrogens is 1. The number of aromatic amines is 1. The highest BCUT2D eigenvalue weighted by Crippen LogP contribution is 2.41. The average Bonchev–Trinajstić information content (AvgIpc) is 2.77. The van der Waals surface area contributed by atoms with E-state index in [1.807, 2.05) is 42.5 Å². The Morgan fingerprint density at radius 3 is 2.45 bits per heavy atom. The van der Waals surface area contributed by atoms with Gasteiger partial charge in [0.25, 0.3) is 11.5 Å². The Labute approximate surface area is 167 Å². The van der Waals surface area contributed by atoms with Gasteiger partial charge in [0.1, 0.15) is 5.69 Å². The number of ether oxygens (including phenoxy) is 2. The Balaban J connectivity index is 1.84. The minimum absolute atomic E-state index is 0.203. The lowest BCUT2D eigenvalue weighted by Gasteiger charge is -2.38. The Morgan fingerprint density at radius 2 is 1.79 bits per heavy atom. The van der Waals surface area contributed by atoms with Gasteiger partial charge >= 0.3 is 0 Å². The molecule has 29 heavy (non-hydrogen) atoms. The van der Waals surface area contributed by atoms with Crippen molar-refractivity contribution in [1.82, 2.24) is 15.1 Å². The number of hydrogen-bond donors (Lipinski definition) is 1. The van der Waals surface area contributed by atoms with Crippen LogP contribution < -0.4 is 15.0 Å². The van der Waals surface area contributed by atoms with E-state index in [9.17, 15) is 9.59 Å². The number of fused-ring (bicyclic) bond motifs is 1. The SMILES string of the molecule is COc1cc2c(cc1OC)C(c1ccccc1)N(C(=O)c1ccc(=O)[nH]n1)CC2. The van der Waals surface area contributed by atoms with Crippen LogP contribution in [0.25, 0.3) is 0 Å². The molecule has 1 aliphatic rings. The highest BCUT2D eigenvalue weighted by molar-refractivity contribution is 5.93. The van der Waals surface area contributed by atoms with Gasteiger partial charge in [0.2, 0.25) is 0 Å². The molecule has 1 amide bonds. The molecular weight excluding hydrogens is 370 g/mol. The van der Waals surface area contributed by atoms with Crippen LogP contribution in [0, 0.1) is 0 Å². The number of rotatable bonds is 4. The van der Waals surface area contributed by atoms with Crippen LogP contribution in [0.3, 0.4) is 0 Å². The molecule has 1 N–H and O–H groups in total. The van der Waals surface area contributed by atoms with Crippen LogP contribution in [0.1, 0.15) is 33.2 Å². The van der Waals surface area contributed by atoms with E-state index in [0.29, 0.717) is 24.5 Å². The lowest BCUT2D eigenvalue weighted by atomic mass is 9.87. The monoisotopic (exact) mass is 391 g/mol. The van der Waals surface area contributed by atoms with Crippen LogP contribution in [0.2, 0.25) is 0 Å². The molecule has 0 spiro atoms. The van der Waals surface area contributed by atoms with Gasteiger partial charge in [-0.05, 0) is 41.3 Å². The zero-order chi connectivity index (χ0) is 20.4. The number of aromatic nitrogens is 2. The number of amides is 1. The van der Waals surface area contributed by atoms with Gasteiger partial charge in [-0.1, -0.05) is 30.3 Å². The maximum atomic E-state index is 13.3. The number of nitrogens with one attached hydrogen (secondary N) is 1. The molecule has 4 rings (SSSR count). The van der Waals surface area contributed by atoms with E-state index in [4.69, 9.17) is 9.47 Å². The predicted octanol–water partition coefficient (Wildman–Crippen LogP) is 2.58. The molecule has 0 saturated carbocycles. The van der Waals surface area contributed by atoms with Gasteiger partial charge in [-0.15, -0.1) is 0 Å². The molecular formula is C22H21N3O4. The van der Waals surface area contributed by atoms with Crippen molar-refractivity contribution in [3.63, 3.8) is 0 Å². The fourth-order valence-electron chi connectivity index (χ4n) is 3.77. The molecule has 0 fully saturated rings. The minimum Gasteiger partial charge on any atom is -0.493 e. The van der Waals surface area contributed by atoms with Crippen molar-refractivity contribution in [2.24, 2.45) is 0 Å². The summed E-state index contributed by atoms with van der Waals surface area (Å²) in [7, 11) is 3.21. The topological polar surface area (TPSA) is 84.5 Å². The molecule has 1 aliphatic heterocycles. The van der Waals surface area contributed by atoms with Gasteiger partial charge in [-0.2, -0.15) is 5.10 Å². The molecule has 1 atom stereocenters. The second-order valence-electron chi connectivity index (χ2n) is 6.77. The first kappa shape index (κ1) is 18.7. The van der Waals surface area contributed by atoms with Gasteiger partial charge in [-0.3, -0.25) is 9.59 Å². The highest BCUT2D eigenvalue weighted by Gasteiger charge is 2.34. The van der Waals surface area contributed by atoms with Gasteiger partial charge in [0.15, 0.2) is 11.5 Å². The smallest absolute Gasteiger partial charge is 0.275 e. The molecule has 1 aromatic heterocycles. The van der Waals surface area contributed by atoms with Crippen molar-refractivity contribution < 1.29 is 14.3 Å². The van der Waals surface area contributed by atoms with Crippen LogP contribution in [-0.4, -0.2) is 41.8 Å². The maximum absolute atomic E-state index is 13.3. The number of carbonyl (C=O) groups excluding carboxylic acids is 1. The van der Waals surface area contributed by atoms with E-state index in [-0.39, 0.29) is 23.2 Å². The largest absolute Gasteiger partial charge is 0.493 e. The number of nitrogens with zero attached hydrogens (tertiary/aromatic N) is 2. The molecule has 7 heteroatoms. The molecule has 3 aromatic rings. The molecule has 0 aliphatic carbocycles. The Bertz CT molecular complexity index is 1070. The van der Waals surface area contributed by atoms with Crippen LogP contribution >= 0.6 is 0 Å². The standard InChI is InChI=1S/C22H21N3O4/c1-28-18-12-15-10-11-25(22(27)17-8-9-20(26)24-23-17)21(14-6-4-3-5-7-14)16(15)13-19(18)29-2/h3-9,12-13,21H,10-11H2,1-2H3,(H,24,26). The van der Waals surface area contributed by atoms with Crippen LogP contribution in [0.4, 0.5) is 0 Å². The number of hydrogen-bond acceptors (Lipinski definition) is 5. The van der Waals surface area contributed by atoms with Gasteiger partial charge in [0, 0.05) is 12.6 Å². The fraction of sp³-hybridized carbons (Fsp3) is 0.227. The van der Waals surface area contributed by atoms with Gasteiger partial charge < -0.3 is 14.4 Å². The molecule has 0 radical (unpaired) electrons. The third kappa shape index (κ3) is 3.47. The normalized spacial score (nSPS) is 15.5. The van der Waals surface area contributed by atoms with Crippen molar-refractivity contribution in [3.05, 3.63) is 87.3 Å². The first-order chi connectivity index (χ1) is 14.1. The Kier molecular flexibility index (Phi) is 5.03. The third-order valence-electron chi connectivity index (χ3n) is 5.15. The summed E-state index contributed by atoms with van der Waals surface area (Å²) in [4.78, 5) is 26.4. The summed E-state index contributed by atoms with van der Waals surface area (Å²) in [6.07, 6.45) is 0.675. The Hall–Kier alpha value is -3.61. The predicted molar refractivity (Wildman–Crippen MR) is 107 cm³/mol. The molecule has 1 unspecified atom stereocenters. The van der Waals surface area contributed by atoms with Crippen LogP contribution in [0.15, 0.2) is 59.4 Å². The average molecular weight is 391 g/mol. The summed E-state index contributed by atoms with van der Waals surface area (Å²) in [5.74, 6) is 1.04. The van der Waals surface area contributed by atoms with E-state index in [0.717, 1.165) is 16.7 Å². The van der Waals surface area contributed by atoms with Crippen molar-refractivity contribution in [1.29, 1.82) is 0 Å². The number of benzene rings is 2. The zero-order valence-corrected chi connectivity index (χ0v) is 16.2. The van der Waals surface area contributed by atoms with E-state index >= 15 is 0 Å². The van der Waals surface area contributed by atoms with Crippen molar-refractivity contribution in [3.8, 4) is 11.5 Å². The van der Waals surface area contributed by atoms with E-state index in [1.165, 1.54) is 12.1 Å². The summed E-state index contributed by atoms with van der Waals surface area (Å²) in [6, 6.07) is 16.2. The van der Waals surface area contributed by atoms with E-state index in [2.05, 4.69) is 10.2 Å².